The first kappa shape index (κ1) is 11.1. The summed E-state index contributed by atoms with van der Waals surface area (Å²) in [6, 6.07) is 0. The number of hydrogen-bond acceptors (Lipinski definition) is 4. The Morgan fingerprint density at radius 3 is 1.43 bits per heavy atom. The van der Waals surface area contributed by atoms with Crippen molar-refractivity contribution in [3.63, 3.8) is 0 Å². The molecule has 1 fully saturated rings. The third kappa shape index (κ3) is 3.81. The predicted molar refractivity (Wildman–Crippen MR) is 56.4 cm³/mol. The van der Waals surface area contributed by atoms with Crippen LogP contribution in [0.2, 0.25) is 0 Å². The third-order valence-electron chi connectivity index (χ3n) is 2.40. The molecular formula is C10H18N2O2. The van der Waals surface area contributed by atoms with E-state index in [0.29, 0.717) is 0 Å². The van der Waals surface area contributed by atoms with Gasteiger partial charge < -0.3 is 10.2 Å². The number of hydrogen-bond donors (Lipinski definition) is 2. The van der Waals surface area contributed by atoms with Crippen molar-refractivity contribution in [2.45, 2.75) is 0 Å². The van der Waals surface area contributed by atoms with E-state index < -0.39 is 0 Å². The SMILES string of the molecule is OC=CCN1CCN(CC=CO)CC1. The lowest BCUT2D eigenvalue weighted by Crippen LogP contribution is -2.46. The monoisotopic (exact) mass is 198 g/mol. The van der Waals surface area contributed by atoms with Crippen LogP contribution in [-0.4, -0.2) is 59.3 Å². The summed E-state index contributed by atoms with van der Waals surface area (Å²) in [4.78, 5) is 4.57. The highest BCUT2D eigenvalue weighted by molar-refractivity contribution is 4.84. The third-order valence-corrected chi connectivity index (χ3v) is 2.40. The lowest BCUT2D eigenvalue weighted by Gasteiger charge is -2.33. The second kappa shape index (κ2) is 6.45. The Morgan fingerprint density at radius 2 is 1.14 bits per heavy atom. The zero-order valence-corrected chi connectivity index (χ0v) is 8.34. The van der Waals surface area contributed by atoms with Gasteiger partial charge in [-0.05, 0) is 12.2 Å². The molecule has 0 unspecified atom stereocenters. The van der Waals surface area contributed by atoms with Crippen LogP contribution in [0.1, 0.15) is 0 Å². The fourth-order valence-corrected chi connectivity index (χ4v) is 1.55. The van der Waals surface area contributed by atoms with Crippen LogP contribution >= 0.6 is 0 Å². The fraction of sp³-hybridized carbons (Fsp3) is 0.600. The number of rotatable bonds is 4. The molecule has 0 aromatic rings. The predicted octanol–water partition coefficient (Wildman–Crippen LogP) is 0.747. The summed E-state index contributed by atoms with van der Waals surface area (Å²) in [5.41, 5.74) is 0. The van der Waals surface area contributed by atoms with Crippen molar-refractivity contribution in [3.8, 4) is 0 Å². The van der Waals surface area contributed by atoms with Crippen LogP contribution in [0.3, 0.4) is 0 Å². The molecule has 1 rings (SSSR count). The normalized spacial score (nSPS) is 21.1. The first-order chi connectivity index (χ1) is 6.86. The molecular weight excluding hydrogens is 180 g/mol. The molecule has 0 bridgehead atoms. The van der Waals surface area contributed by atoms with Crippen molar-refractivity contribution in [2.24, 2.45) is 0 Å². The largest absolute Gasteiger partial charge is 0.516 e. The summed E-state index contributed by atoms with van der Waals surface area (Å²) in [6.07, 6.45) is 5.70. The molecule has 4 nitrogen and oxygen atoms in total. The number of aliphatic hydroxyl groups excluding tert-OH is 2. The second-order valence-corrected chi connectivity index (χ2v) is 3.37. The molecule has 1 aliphatic heterocycles. The molecule has 0 aliphatic carbocycles. The Morgan fingerprint density at radius 1 is 0.786 bits per heavy atom. The van der Waals surface area contributed by atoms with Crippen molar-refractivity contribution < 1.29 is 10.2 Å². The van der Waals surface area contributed by atoms with E-state index in [1.54, 1.807) is 12.2 Å². The highest BCUT2D eigenvalue weighted by Gasteiger charge is 2.14. The van der Waals surface area contributed by atoms with Gasteiger partial charge in [0.15, 0.2) is 0 Å². The van der Waals surface area contributed by atoms with E-state index in [9.17, 15) is 0 Å². The molecule has 0 spiro atoms. The van der Waals surface area contributed by atoms with Gasteiger partial charge in [0, 0.05) is 39.3 Å². The van der Waals surface area contributed by atoms with Crippen molar-refractivity contribution in [1.29, 1.82) is 0 Å². The highest BCUT2D eigenvalue weighted by atomic mass is 16.2. The zero-order chi connectivity index (χ0) is 10.2. The maximum absolute atomic E-state index is 8.51. The minimum atomic E-state index is 0.820. The summed E-state index contributed by atoms with van der Waals surface area (Å²) >= 11 is 0. The van der Waals surface area contributed by atoms with Crippen molar-refractivity contribution in [1.82, 2.24) is 9.80 Å². The number of nitrogens with zero attached hydrogens (tertiary/aromatic N) is 2. The molecule has 2 N–H and O–H groups in total. The molecule has 0 atom stereocenters. The molecule has 1 heterocycles. The Kier molecular flexibility index (Phi) is 5.11. The Hall–Kier alpha value is -1.00. The van der Waals surface area contributed by atoms with Crippen LogP contribution in [0, 0.1) is 0 Å². The van der Waals surface area contributed by atoms with Crippen LogP contribution in [0.4, 0.5) is 0 Å². The highest BCUT2D eigenvalue weighted by Crippen LogP contribution is 2.01. The standard InChI is InChI=1S/C10H18N2O2/c13-9-1-3-11-5-7-12(8-6-11)4-2-10-14/h1-2,9-10,13-14H,3-8H2. The van der Waals surface area contributed by atoms with E-state index in [1.165, 1.54) is 0 Å². The Balaban J connectivity index is 2.17. The quantitative estimate of drug-likeness (QED) is 0.654. The van der Waals surface area contributed by atoms with Crippen molar-refractivity contribution in [3.05, 3.63) is 24.7 Å². The van der Waals surface area contributed by atoms with Crippen molar-refractivity contribution in [2.75, 3.05) is 39.3 Å². The van der Waals surface area contributed by atoms with Gasteiger partial charge in [-0.15, -0.1) is 0 Å². The average Bonchev–Trinajstić information content (AvgIpc) is 2.25. The lowest BCUT2D eigenvalue weighted by molar-refractivity contribution is 0.153. The summed E-state index contributed by atoms with van der Waals surface area (Å²) in [5.74, 6) is 0. The molecule has 0 saturated carbocycles. The molecule has 80 valence electrons. The molecule has 4 heteroatoms. The summed E-state index contributed by atoms with van der Waals surface area (Å²) < 4.78 is 0. The van der Waals surface area contributed by atoms with Gasteiger partial charge in [0.1, 0.15) is 0 Å². The molecule has 0 radical (unpaired) electrons. The minimum Gasteiger partial charge on any atom is -0.516 e. The maximum atomic E-state index is 8.51. The zero-order valence-electron chi connectivity index (χ0n) is 8.34. The van der Waals surface area contributed by atoms with Gasteiger partial charge in [-0.3, -0.25) is 9.80 Å². The van der Waals surface area contributed by atoms with E-state index >= 15 is 0 Å². The lowest BCUT2D eigenvalue weighted by atomic mass is 10.3. The molecule has 1 aliphatic rings. The smallest absolute Gasteiger partial charge is 0.0764 e. The van der Waals surface area contributed by atoms with Crippen LogP contribution < -0.4 is 0 Å². The fourth-order valence-electron chi connectivity index (χ4n) is 1.55. The van der Waals surface area contributed by atoms with Gasteiger partial charge in [0.05, 0.1) is 12.5 Å². The van der Waals surface area contributed by atoms with Gasteiger partial charge in [-0.2, -0.15) is 0 Å². The van der Waals surface area contributed by atoms with E-state index in [4.69, 9.17) is 10.2 Å². The topological polar surface area (TPSA) is 46.9 Å². The average molecular weight is 198 g/mol. The number of piperazine rings is 1. The summed E-state index contributed by atoms with van der Waals surface area (Å²) in [7, 11) is 0. The van der Waals surface area contributed by atoms with Crippen LogP contribution in [-0.2, 0) is 0 Å². The van der Waals surface area contributed by atoms with Gasteiger partial charge in [-0.25, -0.2) is 0 Å². The summed E-state index contributed by atoms with van der Waals surface area (Å²) in [5, 5.41) is 17.0. The number of aliphatic hydroxyl groups is 2. The van der Waals surface area contributed by atoms with Gasteiger partial charge in [0.2, 0.25) is 0 Å². The molecule has 1 saturated heterocycles. The summed E-state index contributed by atoms with van der Waals surface area (Å²) in [6.45, 7) is 5.71. The van der Waals surface area contributed by atoms with E-state index in [1.807, 2.05) is 0 Å². The van der Waals surface area contributed by atoms with E-state index in [2.05, 4.69) is 9.80 Å². The molecule has 14 heavy (non-hydrogen) atoms. The van der Waals surface area contributed by atoms with Gasteiger partial charge in [0.25, 0.3) is 0 Å². The van der Waals surface area contributed by atoms with Crippen LogP contribution in [0.15, 0.2) is 24.7 Å². The molecule has 0 aromatic carbocycles. The van der Waals surface area contributed by atoms with Gasteiger partial charge in [-0.1, -0.05) is 0 Å². The first-order valence-electron chi connectivity index (χ1n) is 4.90. The molecule has 0 aromatic heterocycles. The van der Waals surface area contributed by atoms with Crippen molar-refractivity contribution >= 4 is 0 Å². The minimum absolute atomic E-state index is 0.820. The van der Waals surface area contributed by atoms with E-state index in [-0.39, 0.29) is 0 Å². The molecule has 0 amide bonds. The van der Waals surface area contributed by atoms with Crippen LogP contribution in [0.5, 0.6) is 0 Å². The second-order valence-electron chi connectivity index (χ2n) is 3.37. The van der Waals surface area contributed by atoms with E-state index in [0.717, 1.165) is 51.8 Å². The van der Waals surface area contributed by atoms with Crippen LogP contribution in [0.25, 0.3) is 0 Å². The first-order valence-corrected chi connectivity index (χ1v) is 4.90. The Labute approximate surface area is 84.7 Å². The maximum Gasteiger partial charge on any atom is 0.0764 e. The Bertz CT molecular complexity index is 174. The van der Waals surface area contributed by atoms with Gasteiger partial charge >= 0.3 is 0 Å².